The van der Waals surface area contributed by atoms with Crippen LogP contribution < -0.4 is 4.90 Å². The van der Waals surface area contributed by atoms with Crippen LogP contribution in [0.15, 0.2) is 66.7 Å². The number of amides is 2. The highest BCUT2D eigenvalue weighted by Crippen LogP contribution is 2.38. The molecule has 2 amide bonds. The second kappa shape index (κ2) is 12.1. The molecule has 208 valence electrons. The smallest absolute Gasteiger partial charge is 0.266 e. The number of thiophene rings is 1. The fraction of sp³-hybridized carbons (Fsp3) is 0.333. The molecule has 0 saturated heterocycles. The quantitative estimate of drug-likeness (QED) is 0.220. The largest absolute Gasteiger partial charge is 0.330 e. The zero-order valence-electron chi connectivity index (χ0n) is 23.1. The number of carbonyl (C=O) groups excluding carboxylic acids is 2. The number of hydrogen-bond acceptors (Lipinski definition) is 3. The van der Waals surface area contributed by atoms with Crippen molar-refractivity contribution in [3.63, 3.8) is 0 Å². The fourth-order valence-electron chi connectivity index (χ4n) is 5.63. The molecule has 0 aliphatic heterocycles. The summed E-state index contributed by atoms with van der Waals surface area (Å²) in [4.78, 5) is 29.8. The van der Waals surface area contributed by atoms with Crippen LogP contribution in [0.4, 0.5) is 10.1 Å². The molecule has 0 radical (unpaired) electrons. The lowest BCUT2D eigenvalue weighted by Crippen LogP contribution is -2.42. The van der Waals surface area contributed by atoms with Gasteiger partial charge in [-0.05, 0) is 73.1 Å². The van der Waals surface area contributed by atoms with Crippen molar-refractivity contribution >= 4 is 50.5 Å². The molecule has 4 aromatic rings. The summed E-state index contributed by atoms with van der Waals surface area (Å²) in [5.41, 5.74) is 3.04. The number of halogens is 2. The van der Waals surface area contributed by atoms with Gasteiger partial charge in [0, 0.05) is 47.9 Å². The van der Waals surface area contributed by atoms with E-state index in [1.165, 1.54) is 24.3 Å². The topological polar surface area (TPSA) is 40.6 Å². The minimum atomic E-state index is -0.334. The van der Waals surface area contributed by atoms with Crippen LogP contribution in [-0.4, -0.2) is 29.8 Å². The maximum Gasteiger partial charge on any atom is 0.266 e. The predicted octanol–water partition coefficient (Wildman–Crippen LogP) is 8.95. The summed E-state index contributed by atoms with van der Waals surface area (Å²) < 4.78 is 16.3. The summed E-state index contributed by atoms with van der Waals surface area (Å²) in [6.07, 6.45) is 5.07. The molecule has 40 heavy (non-hydrogen) atoms. The van der Waals surface area contributed by atoms with Crippen molar-refractivity contribution < 1.29 is 14.0 Å². The van der Waals surface area contributed by atoms with E-state index in [2.05, 4.69) is 6.92 Å². The van der Waals surface area contributed by atoms with E-state index >= 15 is 4.39 Å². The van der Waals surface area contributed by atoms with Gasteiger partial charge in [0.05, 0.1) is 5.02 Å². The third kappa shape index (κ3) is 5.79. The molecule has 7 heteroatoms. The first kappa shape index (κ1) is 28.3. The number of hydrogen-bond donors (Lipinski definition) is 0. The molecular formula is C33H34ClFN2O2S. The molecule has 1 aliphatic carbocycles. The fourth-order valence-corrected chi connectivity index (χ4v) is 7.10. The second-order valence-electron chi connectivity index (χ2n) is 10.7. The van der Waals surface area contributed by atoms with Crippen LogP contribution in [0.3, 0.4) is 0 Å². The normalized spacial score (nSPS) is 17.1. The Morgan fingerprint density at radius 1 is 0.975 bits per heavy atom. The minimum absolute atomic E-state index is 0.0287. The van der Waals surface area contributed by atoms with Crippen LogP contribution in [-0.2, 0) is 11.3 Å². The third-order valence-corrected chi connectivity index (χ3v) is 9.93. The molecule has 0 unspecified atom stereocenters. The number of carbonyl (C=O) groups is 2. The van der Waals surface area contributed by atoms with Crippen LogP contribution in [0.1, 0.15) is 61.2 Å². The van der Waals surface area contributed by atoms with Crippen molar-refractivity contribution in [1.82, 2.24) is 4.90 Å². The standard InChI is InChI=1S/C33H34ClFN2O2S/c1-4-22-9-14-27(15-10-22)37(33(39)32-31(34)28-7-5-6-8-30(28)40-32)20-25-19-24(13-18-29(25)35)23-11-16-26(17-12-23)36(3)21(2)38/h5-8,11-13,16-19,22,27H,4,9-10,14-15,20H2,1-3H3/t22-,27-. The molecular weight excluding hydrogens is 543 g/mol. The van der Waals surface area contributed by atoms with E-state index in [1.54, 1.807) is 18.0 Å². The molecule has 1 fully saturated rings. The number of fused-ring (bicyclic) bond motifs is 1. The minimum Gasteiger partial charge on any atom is -0.330 e. The Labute approximate surface area is 244 Å². The number of nitrogens with zero attached hydrogens (tertiary/aromatic N) is 2. The van der Waals surface area contributed by atoms with Crippen LogP contribution in [0.25, 0.3) is 21.2 Å². The Balaban J connectivity index is 1.47. The van der Waals surface area contributed by atoms with Gasteiger partial charge in [0.2, 0.25) is 5.91 Å². The first-order valence-corrected chi connectivity index (χ1v) is 15.1. The molecule has 1 heterocycles. The number of anilines is 1. The van der Waals surface area contributed by atoms with Gasteiger partial charge in [0.1, 0.15) is 10.7 Å². The van der Waals surface area contributed by atoms with E-state index in [-0.39, 0.29) is 30.2 Å². The van der Waals surface area contributed by atoms with Crippen LogP contribution >= 0.6 is 22.9 Å². The molecule has 4 nitrogen and oxygen atoms in total. The lowest BCUT2D eigenvalue weighted by atomic mass is 9.83. The van der Waals surface area contributed by atoms with Gasteiger partial charge in [-0.2, -0.15) is 0 Å². The van der Waals surface area contributed by atoms with Gasteiger partial charge >= 0.3 is 0 Å². The highest BCUT2D eigenvalue weighted by molar-refractivity contribution is 7.21. The molecule has 5 rings (SSSR count). The van der Waals surface area contributed by atoms with E-state index in [0.717, 1.165) is 59.0 Å². The first-order valence-electron chi connectivity index (χ1n) is 13.9. The lowest BCUT2D eigenvalue weighted by Gasteiger charge is -2.37. The highest BCUT2D eigenvalue weighted by Gasteiger charge is 2.32. The van der Waals surface area contributed by atoms with E-state index in [4.69, 9.17) is 11.6 Å². The van der Waals surface area contributed by atoms with Gasteiger partial charge in [-0.25, -0.2) is 4.39 Å². The summed E-state index contributed by atoms with van der Waals surface area (Å²) in [6, 6.07) is 20.5. The highest BCUT2D eigenvalue weighted by atomic mass is 35.5. The summed E-state index contributed by atoms with van der Waals surface area (Å²) in [6.45, 7) is 3.92. The summed E-state index contributed by atoms with van der Waals surface area (Å²) >= 11 is 8.14. The van der Waals surface area contributed by atoms with Gasteiger partial charge < -0.3 is 9.80 Å². The predicted molar refractivity (Wildman–Crippen MR) is 164 cm³/mol. The molecule has 0 bridgehead atoms. The number of rotatable bonds is 7. The van der Waals surface area contributed by atoms with Gasteiger partial charge in [-0.15, -0.1) is 11.3 Å². The lowest BCUT2D eigenvalue weighted by molar-refractivity contribution is -0.116. The van der Waals surface area contributed by atoms with Gasteiger partial charge in [-0.1, -0.05) is 61.3 Å². The molecule has 0 N–H and O–H groups in total. The van der Waals surface area contributed by atoms with Crippen LogP contribution in [0.5, 0.6) is 0 Å². The van der Waals surface area contributed by atoms with E-state index in [9.17, 15) is 9.59 Å². The summed E-state index contributed by atoms with van der Waals surface area (Å²) in [7, 11) is 1.73. The van der Waals surface area contributed by atoms with E-state index < -0.39 is 0 Å². The monoisotopic (exact) mass is 576 g/mol. The van der Waals surface area contributed by atoms with Crippen molar-refractivity contribution in [3.8, 4) is 11.1 Å². The Bertz CT molecular complexity index is 1530. The summed E-state index contributed by atoms with van der Waals surface area (Å²) in [5, 5.41) is 1.35. The maximum atomic E-state index is 15.3. The SMILES string of the molecule is CC[C@H]1CC[C@H](N(Cc2cc(-c3ccc(N(C)C(C)=O)cc3)ccc2F)C(=O)c2sc3ccccc3c2Cl)CC1. The van der Waals surface area contributed by atoms with Crippen LogP contribution in [0, 0.1) is 11.7 Å². The molecule has 3 aromatic carbocycles. The van der Waals surface area contributed by atoms with Crippen molar-refractivity contribution in [2.45, 2.75) is 58.5 Å². The van der Waals surface area contributed by atoms with Crippen LogP contribution in [0.2, 0.25) is 5.02 Å². The second-order valence-corrected chi connectivity index (χ2v) is 12.1. The van der Waals surface area contributed by atoms with Crippen molar-refractivity contribution in [1.29, 1.82) is 0 Å². The summed E-state index contributed by atoms with van der Waals surface area (Å²) in [5.74, 6) is 0.159. The zero-order chi connectivity index (χ0) is 28.4. The first-order chi connectivity index (χ1) is 19.3. The van der Waals surface area contributed by atoms with Crippen molar-refractivity contribution in [2.24, 2.45) is 5.92 Å². The van der Waals surface area contributed by atoms with Crippen molar-refractivity contribution in [3.05, 3.63) is 88.0 Å². The third-order valence-electron chi connectivity index (χ3n) is 8.27. The zero-order valence-corrected chi connectivity index (χ0v) is 24.7. The average molecular weight is 577 g/mol. The van der Waals surface area contributed by atoms with E-state index in [1.807, 2.05) is 59.5 Å². The molecule has 1 aliphatic rings. The molecule has 1 saturated carbocycles. The maximum absolute atomic E-state index is 15.3. The Kier molecular flexibility index (Phi) is 8.57. The van der Waals surface area contributed by atoms with Gasteiger partial charge in [-0.3, -0.25) is 9.59 Å². The van der Waals surface area contributed by atoms with E-state index in [0.29, 0.717) is 21.4 Å². The Morgan fingerprint density at radius 3 is 2.30 bits per heavy atom. The Hall–Kier alpha value is -3.22. The van der Waals surface area contributed by atoms with Gasteiger partial charge in [0.25, 0.3) is 5.91 Å². The Morgan fingerprint density at radius 2 is 1.65 bits per heavy atom. The van der Waals surface area contributed by atoms with Gasteiger partial charge in [0.15, 0.2) is 0 Å². The average Bonchev–Trinajstić information content (AvgIpc) is 3.32. The molecule has 0 atom stereocenters. The molecule has 0 spiro atoms. The number of benzene rings is 3. The molecule has 1 aromatic heterocycles. The van der Waals surface area contributed by atoms with Crippen molar-refractivity contribution in [2.75, 3.05) is 11.9 Å².